The van der Waals surface area contributed by atoms with Gasteiger partial charge in [0.15, 0.2) is 0 Å². The Morgan fingerprint density at radius 1 is 1.26 bits per heavy atom. The lowest BCUT2D eigenvalue weighted by molar-refractivity contribution is -0.123. The summed E-state index contributed by atoms with van der Waals surface area (Å²) in [7, 11) is -3.84. The van der Waals surface area contributed by atoms with Gasteiger partial charge in [0.05, 0.1) is 33.1 Å². The Balaban J connectivity index is 1.27. The second-order valence-corrected chi connectivity index (χ2v) is 10.5. The molecular weight excluding hydrogens is 441 g/mol. The van der Waals surface area contributed by atoms with Crippen LogP contribution in [0.3, 0.4) is 0 Å². The highest BCUT2D eigenvalue weighted by Gasteiger charge is 2.39. The number of carbonyl (C=O) groups excluding carboxylic acids is 1. The molecule has 2 aliphatic rings. The maximum atomic E-state index is 14.9. The van der Waals surface area contributed by atoms with Crippen molar-refractivity contribution in [1.82, 2.24) is 9.29 Å². The first-order valence-electron chi connectivity index (χ1n) is 9.96. The fourth-order valence-corrected chi connectivity index (χ4v) is 6.21. The van der Waals surface area contributed by atoms with Crippen LogP contribution in [0.4, 0.5) is 10.1 Å². The second kappa shape index (κ2) is 7.85. The molecule has 1 aromatic heterocycles. The normalized spacial score (nSPS) is 21.6. The van der Waals surface area contributed by atoms with Crippen molar-refractivity contribution in [2.24, 2.45) is 5.92 Å². The van der Waals surface area contributed by atoms with Crippen molar-refractivity contribution >= 4 is 43.2 Å². The number of thiazole rings is 1. The summed E-state index contributed by atoms with van der Waals surface area (Å²) in [5.41, 5.74) is 3.87. The first-order chi connectivity index (χ1) is 14.9. The van der Waals surface area contributed by atoms with Crippen LogP contribution in [-0.4, -0.2) is 49.5 Å². The summed E-state index contributed by atoms with van der Waals surface area (Å²) in [4.78, 5) is 17.0. The summed E-state index contributed by atoms with van der Waals surface area (Å²) in [6.07, 6.45) is -0.831. The smallest absolute Gasteiger partial charge is 0.243 e. The molecule has 0 spiro atoms. The fourth-order valence-electron chi connectivity index (χ4n) is 4.03. The van der Waals surface area contributed by atoms with E-state index in [0.717, 1.165) is 20.1 Å². The zero-order chi connectivity index (χ0) is 21.6. The van der Waals surface area contributed by atoms with Crippen molar-refractivity contribution < 1.29 is 22.3 Å². The molecule has 5 rings (SSSR count). The molecule has 1 saturated heterocycles. The van der Waals surface area contributed by atoms with Crippen molar-refractivity contribution in [3.63, 3.8) is 0 Å². The molecule has 1 amide bonds. The number of nitrogens with zero attached hydrogens (tertiary/aromatic N) is 2. The average molecular weight is 462 g/mol. The van der Waals surface area contributed by atoms with Crippen LogP contribution in [0.2, 0.25) is 0 Å². The Kier molecular flexibility index (Phi) is 5.15. The first-order valence-corrected chi connectivity index (χ1v) is 12.3. The minimum absolute atomic E-state index is 0.0829. The molecule has 2 aliphatic heterocycles. The van der Waals surface area contributed by atoms with Gasteiger partial charge in [-0.3, -0.25) is 4.79 Å². The zero-order valence-electron chi connectivity index (χ0n) is 16.5. The van der Waals surface area contributed by atoms with E-state index >= 15 is 0 Å². The lowest BCUT2D eigenvalue weighted by atomic mass is 9.95. The number of piperidine rings is 1. The van der Waals surface area contributed by atoms with Crippen molar-refractivity contribution in [1.29, 1.82) is 0 Å². The molecule has 0 aliphatic carbocycles. The number of benzene rings is 2. The van der Waals surface area contributed by atoms with Gasteiger partial charge in [-0.1, -0.05) is 0 Å². The zero-order valence-corrected chi connectivity index (χ0v) is 18.1. The highest BCUT2D eigenvalue weighted by molar-refractivity contribution is 7.89. The molecule has 1 fully saturated rings. The molecule has 31 heavy (non-hydrogen) atoms. The van der Waals surface area contributed by atoms with E-state index in [1.807, 2.05) is 6.07 Å². The number of anilines is 1. The standard InChI is InChI=1S/C21H20FN3O4S2/c22-17-11-25(31(27,28)15-2-3-19-13(9-15)6-8-29-19)7-5-16(17)21(26)24-14-1-4-20-18(10-14)23-12-30-20/h1-4,9-10,12,16-17H,5-8,11H2,(H,24,26)/t16-,17+/m0/s1. The molecule has 162 valence electrons. The van der Waals surface area contributed by atoms with E-state index in [2.05, 4.69) is 10.3 Å². The minimum atomic E-state index is -3.84. The number of hydrogen-bond acceptors (Lipinski definition) is 6. The molecule has 2 atom stereocenters. The Labute approximate surface area is 182 Å². The van der Waals surface area contributed by atoms with E-state index in [1.165, 1.54) is 17.4 Å². The van der Waals surface area contributed by atoms with Gasteiger partial charge in [0.1, 0.15) is 11.9 Å². The van der Waals surface area contributed by atoms with Crippen LogP contribution >= 0.6 is 11.3 Å². The van der Waals surface area contributed by atoms with E-state index < -0.39 is 28.0 Å². The number of amides is 1. The number of halogens is 1. The number of nitrogens with one attached hydrogen (secondary N) is 1. The largest absolute Gasteiger partial charge is 0.493 e. The van der Waals surface area contributed by atoms with Crippen LogP contribution in [0.5, 0.6) is 5.75 Å². The van der Waals surface area contributed by atoms with Gasteiger partial charge in [-0.2, -0.15) is 4.31 Å². The number of aromatic nitrogens is 1. The molecule has 0 radical (unpaired) electrons. The molecule has 0 bridgehead atoms. The predicted octanol–water partition coefficient (Wildman–Crippen LogP) is 3.22. The summed E-state index contributed by atoms with van der Waals surface area (Å²) in [5.74, 6) is -0.673. The maximum Gasteiger partial charge on any atom is 0.243 e. The first kappa shape index (κ1) is 20.3. The minimum Gasteiger partial charge on any atom is -0.493 e. The van der Waals surface area contributed by atoms with Gasteiger partial charge < -0.3 is 10.1 Å². The number of sulfonamides is 1. The van der Waals surface area contributed by atoms with Gasteiger partial charge in [-0.05, 0) is 48.4 Å². The van der Waals surface area contributed by atoms with Gasteiger partial charge in [0, 0.05) is 25.2 Å². The van der Waals surface area contributed by atoms with Crippen molar-refractivity contribution in [2.75, 3.05) is 25.0 Å². The van der Waals surface area contributed by atoms with E-state index in [1.54, 1.807) is 29.8 Å². The summed E-state index contributed by atoms with van der Waals surface area (Å²) in [6.45, 7) is 0.264. The predicted molar refractivity (Wildman–Crippen MR) is 116 cm³/mol. The van der Waals surface area contributed by atoms with E-state index in [9.17, 15) is 17.6 Å². The topological polar surface area (TPSA) is 88.6 Å². The average Bonchev–Trinajstić information content (AvgIpc) is 3.41. The van der Waals surface area contributed by atoms with E-state index in [4.69, 9.17) is 4.74 Å². The third-order valence-electron chi connectivity index (χ3n) is 5.74. The Bertz CT molecular complexity index is 1260. The SMILES string of the molecule is O=C(Nc1ccc2scnc2c1)[C@H]1CCN(S(=O)(=O)c2ccc3c(c2)CCO3)C[C@H]1F. The molecule has 7 nitrogen and oxygen atoms in total. The number of alkyl halides is 1. The van der Waals surface area contributed by atoms with Crippen LogP contribution in [0, 0.1) is 5.92 Å². The molecular formula is C21H20FN3O4S2. The summed E-state index contributed by atoms with van der Waals surface area (Å²) in [6, 6.07) is 10.1. The lowest BCUT2D eigenvalue weighted by Crippen LogP contribution is -2.48. The number of fused-ring (bicyclic) bond motifs is 2. The van der Waals surface area contributed by atoms with Gasteiger partial charge in [-0.25, -0.2) is 17.8 Å². The number of hydrogen-bond donors (Lipinski definition) is 1. The molecule has 10 heteroatoms. The lowest BCUT2D eigenvalue weighted by Gasteiger charge is -2.33. The van der Waals surface area contributed by atoms with Crippen LogP contribution in [0.1, 0.15) is 12.0 Å². The van der Waals surface area contributed by atoms with Gasteiger partial charge >= 0.3 is 0 Å². The Hall–Kier alpha value is -2.56. The molecule has 3 heterocycles. The number of rotatable bonds is 4. The van der Waals surface area contributed by atoms with Crippen molar-refractivity contribution in [3.8, 4) is 5.75 Å². The molecule has 1 N–H and O–H groups in total. The van der Waals surface area contributed by atoms with Crippen LogP contribution in [0.25, 0.3) is 10.2 Å². The fraction of sp³-hybridized carbons (Fsp3) is 0.333. The Morgan fingerprint density at radius 3 is 2.97 bits per heavy atom. The van der Waals surface area contributed by atoms with Gasteiger partial charge in [0.25, 0.3) is 0 Å². The number of ether oxygens (including phenoxy) is 1. The van der Waals surface area contributed by atoms with Gasteiger partial charge in [0.2, 0.25) is 15.9 Å². The molecule has 2 aromatic carbocycles. The monoisotopic (exact) mass is 461 g/mol. The quantitative estimate of drug-likeness (QED) is 0.645. The van der Waals surface area contributed by atoms with E-state index in [0.29, 0.717) is 24.5 Å². The third kappa shape index (κ3) is 3.79. The molecule has 0 saturated carbocycles. The van der Waals surface area contributed by atoms with Crippen molar-refractivity contribution in [2.45, 2.75) is 23.9 Å². The highest BCUT2D eigenvalue weighted by atomic mass is 32.2. The van der Waals surface area contributed by atoms with E-state index in [-0.39, 0.29) is 24.4 Å². The van der Waals surface area contributed by atoms with Crippen LogP contribution < -0.4 is 10.1 Å². The second-order valence-electron chi connectivity index (χ2n) is 7.67. The Morgan fingerprint density at radius 2 is 2.13 bits per heavy atom. The highest BCUT2D eigenvalue weighted by Crippen LogP contribution is 2.31. The summed E-state index contributed by atoms with van der Waals surface area (Å²) in [5, 5.41) is 2.74. The number of carbonyl (C=O) groups is 1. The summed E-state index contributed by atoms with van der Waals surface area (Å²) >= 11 is 1.50. The molecule has 0 unspecified atom stereocenters. The van der Waals surface area contributed by atoms with Crippen molar-refractivity contribution in [3.05, 3.63) is 47.5 Å². The van der Waals surface area contributed by atoms with Crippen LogP contribution in [-0.2, 0) is 21.2 Å². The summed E-state index contributed by atoms with van der Waals surface area (Å²) < 4.78 is 48.5. The maximum absolute atomic E-state index is 14.9. The molecule has 3 aromatic rings. The van der Waals surface area contributed by atoms with Gasteiger partial charge in [-0.15, -0.1) is 11.3 Å². The third-order valence-corrected chi connectivity index (χ3v) is 8.41. The van der Waals surface area contributed by atoms with Crippen LogP contribution in [0.15, 0.2) is 46.8 Å².